The van der Waals surface area contributed by atoms with E-state index >= 15 is 0 Å². The average molecular weight is 347 g/mol. The number of aryl methyl sites for hydroxylation is 2. The number of likely N-dealkylation sites (tertiary alicyclic amines) is 1. The van der Waals surface area contributed by atoms with Crippen molar-refractivity contribution in [2.75, 3.05) is 24.5 Å². The zero-order chi connectivity index (χ0) is 18.0. The van der Waals surface area contributed by atoms with Gasteiger partial charge < -0.3 is 10.2 Å². The molecule has 1 saturated heterocycles. The van der Waals surface area contributed by atoms with Gasteiger partial charge in [-0.05, 0) is 26.7 Å². The van der Waals surface area contributed by atoms with E-state index in [2.05, 4.69) is 10.4 Å². The van der Waals surface area contributed by atoms with Gasteiger partial charge in [-0.2, -0.15) is 5.10 Å². The van der Waals surface area contributed by atoms with Crippen LogP contribution in [0.5, 0.6) is 0 Å². The number of fused-ring (bicyclic) bond motifs is 1. The van der Waals surface area contributed by atoms with Gasteiger partial charge in [0.25, 0.3) is 0 Å². The number of anilines is 1. The molecule has 8 heteroatoms. The van der Waals surface area contributed by atoms with Gasteiger partial charge in [0.15, 0.2) is 0 Å². The van der Waals surface area contributed by atoms with Gasteiger partial charge in [0.1, 0.15) is 11.9 Å². The lowest BCUT2D eigenvalue weighted by Gasteiger charge is -2.32. The van der Waals surface area contributed by atoms with Crippen LogP contribution in [-0.2, 0) is 20.9 Å². The SMILES string of the molecule is Cc1cc2n(n1)CCC(=O)N2[C@H](C)C(=O)NCCCN1CCCC1=O. The Bertz CT molecular complexity index is 684. The van der Waals surface area contributed by atoms with Crippen LogP contribution in [0.25, 0.3) is 0 Å². The van der Waals surface area contributed by atoms with Gasteiger partial charge in [-0.1, -0.05) is 0 Å². The molecule has 3 rings (SSSR count). The number of nitrogens with zero attached hydrogens (tertiary/aromatic N) is 4. The molecule has 3 heterocycles. The van der Waals surface area contributed by atoms with Crippen LogP contribution in [0, 0.1) is 6.92 Å². The van der Waals surface area contributed by atoms with E-state index in [1.807, 2.05) is 17.9 Å². The molecule has 1 N–H and O–H groups in total. The first-order valence-electron chi connectivity index (χ1n) is 8.89. The Morgan fingerprint density at radius 3 is 2.80 bits per heavy atom. The first-order chi connectivity index (χ1) is 12.0. The normalized spacial score (nSPS) is 18.5. The van der Waals surface area contributed by atoms with Gasteiger partial charge in [0.05, 0.1) is 12.2 Å². The molecule has 2 aliphatic rings. The van der Waals surface area contributed by atoms with Gasteiger partial charge in [-0.25, -0.2) is 4.68 Å². The summed E-state index contributed by atoms with van der Waals surface area (Å²) in [5.41, 5.74) is 0.831. The molecule has 8 nitrogen and oxygen atoms in total. The maximum Gasteiger partial charge on any atom is 0.242 e. The highest BCUT2D eigenvalue weighted by Gasteiger charge is 2.33. The number of carbonyl (C=O) groups is 3. The van der Waals surface area contributed by atoms with Crippen LogP contribution in [-0.4, -0.2) is 58.1 Å². The summed E-state index contributed by atoms with van der Waals surface area (Å²) in [7, 11) is 0. The molecule has 0 unspecified atom stereocenters. The zero-order valence-electron chi connectivity index (χ0n) is 14.8. The number of amides is 3. The smallest absolute Gasteiger partial charge is 0.242 e. The first-order valence-corrected chi connectivity index (χ1v) is 8.89. The molecule has 1 aromatic heterocycles. The quantitative estimate of drug-likeness (QED) is 0.757. The van der Waals surface area contributed by atoms with Crippen LogP contribution < -0.4 is 10.2 Å². The molecular weight excluding hydrogens is 322 g/mol. The molecule has 0 saturated carbocycles. The highest BCUT2D eigenvalue weighted by atomic mass is 16.2. The van der Waals surface area contributed by atoms with Gasteiger partial charge in [-0.15, -0.1) is 0 Å². The summed E-state index contributed by atoms with van der Waals surface area (Å²) < 4.78 is 1.78. The fraction of sp³-hybridized carbons (Fsp3) is 0.647. The van der Waals surface area contributed by atoms with E-state index in [1.54, 1.807) is 11.6 Å². The zero-order valence-corrected chi connectivity index (χ0v) is 14.8. The van der Waals surface area contributed by atoms with Crippen molar-refractivity contribution in [1.29, 1.82) is 0 Å². The first kappa shape index (κ1) is 17.4. The van der Waals surface area contributed by atoms with E-state index in [0.717, 1.165) is 25.1 Å². The van der Waals surface area contributed by atoms with E-state index in [0.29, 0.717) is 38.3 Å². The van der Waals surface area contributed by atoms with Crippen molar-refractivity contribution in [3.63, 3.8) is 0 Å². The summed E-state index contributed by atoms with van der Waals surface area (Å²) in [5, 5.41) is 7.23. The topological polar surface area (TPSA) is 87.5 Å². The van der Waals surface area contributed by atoms with Crippen molar-refractivity contribution in [1.82, 2.24) is 20.0 Å². The largest absolute Gasteiger partial charge is 0.354 e. The Labute approximate surface area is 147 Å². The third kappa shape index (κ3) is 3.67. The molecular formula is C17H25N5O3. The summed E-state index contributed by atoms with van der Waals surface area (Å²) in [6.45, 7) is 6.13. The minimum absolute atomic E-state index is 0.0577. The number of aromatic nitrogens is 2. The maximum atomic E-state index is 12.4. The summed E-state index contributed by atoms with van der Waals surface area (Å²) in [4.78, 5) is 39.7. The standard InChI is InChI=1S/C17H25N5O3/c1-12-11-14-21(19-12)10-6-16(24)22(14)13(2)17(25)18-7-4-9-20-8-3-5-15(20)23/h11,13H,3-10H2,1-2H3,(H,18,25)/t13-/m1/s1. The van der Waals surface area contributed by atoms with E-state index in [1.165, 1.54) is 4.90 Å². The molecule has 136 valence electrons. The Hall–Kier alpha value is -2.38. The molecule has 0 spiro atoms. The molecule has 3 amide bonds. The molecule has 1 fully saturated rings. The van der Waals surface area contributed by atoms with Crippen molar-refractivity contribution < 1.29 is 14.4 Å². The minimum atomic E-state index is -0.587. The van der Waals surface area contributed by atoms with Crippen molar-refractivity contribution >= 4 is 23.5 Å². The summed E-state index contributed by atoms with van der Waals surface area (Å²) in [5.74, 6) is 0.632. The second-order valence-electron chi connectivity index (χ2n) is 6.69. The highest BCUT2D eigenvalue weighted by molar-refractivity contribution is 6.00. The molecule has 0 aliphatic carbocycles. The average Bonchev–Trinajstić information content (AvgIpc) is 3.15. The second-order valence-corrected chi connectivity index (χ2v) is 6.69. The summed E-state index contributed by atoms with van der Waals surface area (Å²) >= 11 is 0. The summed E-state index contributed by atoms with van der Waals surface area (Å²) in [6.07, 6.45) is 2.62. The number of rotatable bonds is 6. The van der Waals surface area contributed by atoms with E-state index in [4.69, 9.17) is 0 Å². The van der Waals surface area contributed by atoms with Crippen LogP contribution in [0.3, 0.4) is 0 Å². The maximum absolute atomic E-state index is 12.4. The van der Waals surface area contributed by atoms with Gasteiger partial charge in [0.2, 0.25) is 17.7 Å². The van der Waals surface area contributed by atoms with Crippen molar-refractivity contribution in [3.8, 4) is 0 Å². The van der Waals surface area contributed by atoms with Crippen molar-refractivity contribution in [2.24, 2.45) is 0 Å². The molecule has 25 heavy (non-hydrogen) atoms. The summed E-state index contributed by atoms with van der Waals surface area (Å²) in [6, 6.07) is 1.25. The van der Waals surface area contributed by atoms with Crippen molar-refractivity contribution in [3.05, 3.63) is 11.8 Å². The lowest BCUT2D eigenvalue weighted by Crippen LogP contribution is -2.51. The lowest BCUT2D eigenvalue weighted by atomic mass is 10.2. The van der Waals surface area contributed by atoms with E-state index < -0.39 is 6.04 Å². The third-order valence-electron chi connectivity index (χ3n) is 4.78. The van der Waals surface area contributed by atoms with Crippen LogP contribution in [0.2, 0.25) is 0 Å². The Morgan fingerprint density at radius 2 is 2.08 bits per heavy atom. The monoisotopic (exact) mass is 347 g/mol. The van der Waals surface area contributed by atoms with Gasteiger partial charge >= 0.3 is 0 Å². The van der Waals surface area contributed by atoms with Gasteiger partial charge in [0, 0.05) is 38.5 Å². The van der Waals surface area contributed by atoms with E-state index in [9.17, 15) is 14.4 Å². The molecule has 0 aromatic carbocycles. The number of carbonyl (C=O) groups excluding carboxylic acids is 3. The van der Waals surface area contributed by atoms with Crippen LogP contribution in [0.15, 0.2) is 6.07 Å². The molecule has 0 radical (unpaired) electrons. The predicted molar refractivity (Wildman–Crippen MR) is 92.0 cm³/mol. The Morgan fingerprint density at radius 1 is 1.28 bits per heavy atom. The molecule has 1 aromatic rings. The molecule has 2 aliphatic heterocycles. The minimum Gasteiger partial charge on any atom is -0.354 e. The fourth-order valence-corrected chi connectivity index (χ4v) is 3.44. The third-order valence-corrected chi connectivity index (χ3v) is 4.78. The number of hydrogen-bond acceptors (Lipinski definition) is 4. The predicted octanol–water partition coefficient (Wildman–Crippen LogP) is 0.445. The number of nitrogens with one attached hydrogen (secondary N) is 1. The molecule has 1 atom stereocenters. The van der Waals surface area contributed by atoms with Crippen LogP contribution >= 0.6 is 0 Å². The second kappa shape index (κ2) is 7.25. The van der Waals surface area contributed by atoms with Crippen molar-refractivity contribution in [2.45, 2.75) is 52.1 Å². The number of hydrogen-bond donors (Lipinski definition) is 1. The van der Waals surface area contributed by atoms with Crippen LogP contribution in [0.4, 0.5) is 5.82 Å². The van der Waals surface area contributed by atoms with Crippen LogP contribution in [0.1, 0.15) is 38.3 Å². The Kier molecular flexibility index (Phi) is 5.06. The lowest BCUT2D eigenvalue weighted by molar-refractivity contribution is -0.127. The Balaban J connectivity index is 1.53. The molecule has 0 bridgehead atoms. The highest BCUT2D eigenvalue weighted by Crippen LogP contribution is 2.24. The van der Waals surface area contributed by atoms with Gasteiger partial charge in [-0.3, -0.25) is 19.3 Å². The van der Waals surface area contributed by atoms with E-state index in [-0.39, 0.29) is 17.7 Å². The fourth-order valence-electron chi connectivity index (χ4n) is 3.44.